The van der Waals surface area contributed by atoms with Gasteiger partial charge in [0.15, 0.2) is 11.5 Å². The van der Waals surface area contributed by atoms with E-state index < -0.39 is 17.9 Å². The third-order valence-corrected chi connectivity index (χ3v) is 4.79. The highest BCUT2D eigenvalue weighted by Crippen LogP contribution is 2.37. The molecule has 3 aromatic heterocycles. The maximum Gasteiger partial charge on any atom is 0.338 e. The molecule has 0 radical (unpaired) electrons. The van der Waals surface area contributed by atoms with Gasteiger partial charge in [-0.3, -0.25) is 4.79 Å². The van der Waals surface area contributed by atoms with Gasteiger partial charge in [-0.25, -0.2) is 24.1 Å². The number of rotatable bonds is 3. The van der Waals surface area contributed by atoms with Crippen molar-refractivity contribution in [2.24, 2.45) is 0 Å². The number of aromatic amines is 1. The summed E-state index contributed by atoms with van der Waals surface area (Å²) in [5, 5.41) is 7.27. The Morgan fingerprint density at radius 1 is 1.23 bits per heavy atom. The lowest BCUT2D eigenvalue weighted by molar-refractivity contribution is -0.118. The monoisotopic (exact) mass is 407 g/mol. The minimum absolute atomic E-state index is 0.0598. The number of H-pyrrole nitrogens is 1. The molecular weight excluding hydrogens is 393 g/mol. The molecule has 4 aromatic rings. The fraction of sp³-hybridized carbons (Fsp3) is 0.158. The van der Waals surface area contributed by atoms with Gasteiger partial charge in [-0.1, -0.05) is 0 Å². The van der Waals surface area contributed by atoms with Crippen molar-refractivity contribution in [3.05, 3.63) is 59.6 Å². The number of hydrogen-bond donors (Lipinski definition) is 2. The molecule has 2 N–H and O–H groups in total. The number of nitrogens with one attached hydrogen (secondary N) is 2. The fourth-order valence-electron chi connectivity index (χ4n) is 3.45. The van der Waals surface area contributed by atoms with Crippen LogP contribution in [0, 0.1) is 12.7 Å². The Morgan fingerprint density at radius 3 is 2.83 bits per heavy atom. The summed E-state index contributed by atoms with van der Waals surface area (Å²) in [6.45, 7) is 1.75. The Balaban J connectivity index is 1.56. The smallest absolute Gasteiger partial charge is 0.338 e. The van der Waals surface area contributed by atoms with Crippen LogP contribution in [0.1, 0.15) is 34.1 Å². The maximum atomic E-state index is 13.1. The molecule has 0 aliphatic carbocycles. The first-order valence-electron chi connectivity index (χ1n) is 9.01. The number of aryl methyl sites for hydroxylation is 1. The van der Waals surface area contributed by atoms with Crippen molar-refractivity contribution in [2.75, 3.05) is 5.32 Å². The van der Waals surface area contributed by atoms with E-state index in [1.165, 1.54) is 41.6 Å². The molecule has 1 unspecified atom stereocenters. The van der Waals surface area contributed by atoms with E-state index in [4.69, 9.17) is 4.74 Å². The number of aromatic nitrogens is 6. The van der Waals surface area contributed by atoms with Gasteiger partial charge in [0.1, 0.15) is 29.6 Å². The molecule has 11 heteroatoms. The number of ether oxygens (including phenoxy) is 1. The van der Waals surface area contributed by atoms with Crippen molar-refractivity contribution in [3.8, 4) is 5.82 Å². The zero-order valence-electron chi connectivity index (χ0n) is 15.6. The number of imidazole rings is 1. The first-order chi connectivity index (χ1) is 14.5. The number of halogens is 1. The SMILES string of the molecule is Cc1nn(-c2ncnc3nc[nH]c23)c2c1C(OC(=O)c1ccc(F)cc1)CC(=O)N2. The molecule has 0 saturated carbocycles. The summed E-state index contributed by atoms with van der Waals surface area (Å²) < 4.78 is 20.2. The molecule has 1 aliphatic heterocycles. The van der Waals surface area contributed by atoms with Crippen LogP contribution in [-0.4, -0.2) is 41.6 Å². The highest BCUT2D eigenvalue weighted by Gasteiger charge is 2.35. The van der Waals surface area contributed by atoms with Crippen molar-refractivity contribution >= 4 is 28.9 Å². The van der Waals surface area contributed by atoms with Crippen LogP contribution in [-0.2, 0) is 9.53 Å². The third kappa shape index (κ3) is 2.87. The topological polar surface area (TPSA) is 128 Å². The van der Waals surface area contributed by atoms with Crippen molar-refractivity contribution in [1.29, 1.82) is 0 Å². The number of benzene rings is 1. The Morgan fingerprint density at radius 2 is 2.03 bits per heavy atom. The molecule has 4 heterocycles. The zero-order valence-corrected chi connectivity index (χ0v) is 15.6. The van der Waals surface area contributed by atoms with E-state index in [0.29, 0.717) is 34.1 Å². The van der Waals surface area contributed by atoms with Gasteiger partial charge in [0, 0.05) is 0 Å². The van der Waals surface area contributed by atoms with Crippen molar-refractivity contribution in [1.82, 2.24) is 29.7 Å². The van der Waals surface area contributed by atoms with Gasteiger partial charge in [-0.15, -0.1) is 0 Å². The summed E-state index contributed by atoms with van der Waals surface area (Å²) in [6.07, 6.45) is 1.92. The predicted molar refractivity (Wildman–Crippen MR) is 101 cm³/mol. The Bertz CT molecular complexity index is 1300. The van der Waals surface area contributed by atoms with Crippen molar-refractivity contribution in [3.63, 3.8) is 0 Å². The molecule has 1 aromatic carbocycles. The Labute approximate surface area is 168 Å². The number of carbonyl (C=O) groups is 2. The molecule has 0 bridgehead atoms. The minimum Gasteiger partial charge on any atom is -0.453 e. The van der Waals surface area contributed by atoms with Gasteiger partial charge in [-0.2, -0.15) is 9.78 Å². The molecule has 1 amide bonds. The van der Waals surface area contributed by atoms with Gasteiger partial charge >= 0.3 is 5.97 Å². The maximum absolute atomic E-state index is 13.1. The lowest BCUT2D eigenvalue weighted by Crippen LogP contribution is -2.27. The van der Waals surface area contributed by atoms with Crippen LogP contribution in [0.5, 0.6) is 0 Å². The number of anilines is 1. The summed E-state index contributed by atoms with van der Waals surface area (Å²) >= 11 is 0. The van der Waals surface area contributed by atoms with Gasteiger partial charge in [0.05, 0.1) is 29.6 Å². The van der Waals surface area contributed by atoms with Crippen LogP contribution in [0.15, 0.2) is 36.9 Å². The number of carbonyl (C=O) groups excluding carboxylic acids is 2. The number of nitrogens with zero attached hydrogens (tertiary/aromatic N) is 5. The van der Waals surface area contributed by atoms with E-state index in [1.54, 1.807) is 6.92 Å². The molecule has 1 aliphatic rings. The van der Waals surface area contributed by atoms with E-state index >= 15 is 0 Å². The Kier molecular flexibility index (Phi) is 4.02. The number of amides is 1. The molecule has 30 heavy (non-hydrogen) atoms. The fourth-order valence-corrected chi connectivity index (χ4v) is 3.45. The zero-order chi connectivity index (χ0) is 20.8. The average Bonchev–Trinajstić information content (AvgIpc) is 3.33. The third-order valence-electron chi connectivity index (χ3n) is 4.79. The number of fused-ring (bicyclic) bond motifs is 2. The summed E-state index contributed by atoms with van der Waals surface area (Å²) in [5.74, 6) is -0.706. The van der Waals surface area contributed by atoms with Crippen LogP contribution < -0.4 is 5.32 Å². The average molecular weight is 407 g/mol. The normalized spacial score (nSPS) is 15.7. The van der Waals surface area contributed by atoms with Crippen molar-refractivity contribution < 1.29 is 18.7 Å². The highest BCUT2D eigenvalue weighted by atomic mass is 19.1. The number of esters is 1. The summed E-state index contributed by atoms with van der Waals surface area (Å²) in [7, 11) is 0. The van der Waals surface area contributed by atoms with E-state index in [9.17, 15) is 14.0 Å². The predicted octanol–water partition coefficient (Wildman–Crippen LogP) is 2.23. The second-order valence-electron chi connectivity index (χ2n) is 6.71. The molecule has 1 atom stereocenters. The lowest BCUT2D eigenvalue weighted by Gasteiger charge is -2.24. The van der Waals surface area contributed by atoms with Crippen molar-refractivity contribution in [2.45, 2.75) is 19.4 Å². The second kappa shape index (κ2) is 6.72. The molecular formula is C19H14FN7O3. The first-order valence-corrected chi connectivity index (χ1v) is 9.01. The van der Waals surface area contributed by atoms with E-state index in [0.717, 1.165) is 0 Å². The lowest BCUT2D eigenvalue weighted by atomic mass is 10.0. The minimum atomic E-state index is -0.848. The van der Waals surface area contributed by atoms with Crippen LogP contribution in [0.25, 0.3) is 17.0 Å². The molecule has 0 saturated heterocycles. The van der Waals surface area contributed by atoms with Crippen LogP contribution in [0.4, 0.5) is 10.2 Å². The number of hydrogen-bond acceptors (Lipinski definition) is 7. The second-order valence-corrected chi connectivity index (χ2v) is 6.71. The van der Waals surface area contributed by atoms with Gasteiger partial charge in [0.25, 0.3) is 0 Å². The van der Waals surface area contributed by atoms with Crippen LogP contribution in [0.3, 0.4) is 0 Å². The molecule has 0 fully saturated rings. The summed E-state index contributed by atoms with van der Waals surface area (Å²) in [6, 6.07) is 4.99. The molecule has 0 spiro atoms. The molecule has 150 valence electrons. The summed E-state index contributed by atoms with van der Waals surface area (Å²) in [5.41, 5.74) is 2.30. The summed E-state index contributed by atoms with van der Waals surface area (Å²) in [4.78, 5) is 40.3. The van der Waals surface area contributed by atoms with Crippen LogP contribution in [0.2, 0.25) is 0 Å². The molecule has 5 rings (SSSR count). The van der Waals surface area contributed by atoms with E-state index in [2.05, 4.69) is 30.4 Å². The van der Waals surface area contributed by atoms with Gasteiger partial charge < -0.3 is 15.0 Å². The quantitative estimate of drug-likeness (QED) is 0.499. The van der Waals surface area contributed by atoms with Gasteiger partial charge in [0.2, 0.25) is 5.91 Å². The standard InChI is InChI=1S/C19H14FN7O3/c1-9-14-12(30-19(29)10-2-4-11(20)5-3-10)6-13(28)25-17(14)27(26-9)18-15-16(22-7-21-15)23-8-24-18/h2-5,7-8,12H,6H2,1H3,(H,25,28)(H,21,22,23,24). The van der Waals surface area contributed by atoms with E-state index in [-0.39, 0.29) is 17.9 Å². The first kappa shape index (κ1) is 17.9. The highest BCUT2D eigenvalue weighted by molar-refractivity contribution is 5.96. The Hall–Kier alpha value is -4.15. The van der Waals surface area contributed by atoms with Crippen LogP contribution >= 0.6 is 0 Å². The molecule has 10 nitrogen and oxygen atoms in total. The van der Waals surface area contributed by atoms with Gasteiger partial charge in [-0.05, 0) is 31.2 Å². The van der Waals surface area contributed by atoms with E-state index in [1.807, 2.05) is 0 Å². The largest absolute Gasteiger partial charge is 0.453 e.